The highest BCUT2D eigenvalue weighted by molar-refractivity contribution is 6.41. The molecule has 0 radical (unpaired) electrons. The quantitative estimate of drug-likeness (QED) is 0.130. The van der Waals surface area contributed by atoms with Crippen LogP contribution >= 0.6 is 0 Å². The summed E-state index contributed by atoms with van der Waals surface area (Å²) in [6, 6.07) is 45.0. The summed E-state index contributed by atoms with van der Waals surface area (Å²) in [5.74, 6) is -0.417. The van der Waals surface area contributed by atoms with Crippen LogP contribution in [0.15, 0.2) is 139 Å². The monoisotopic (exact) mass is 525 g/mol. The summed E-state index contributed by atoms with van der Waals surface area (Å²) in [4.78, 5) is 28.6. The Morgan fingerprint density at radius 1 is 0.463 bits per heavy atom. The van der Waals surface area contributed by atoms with Gasteiger partial charge in [-0.1, -0.05) is 103 Å². The molecule has 0 saturated carbocycles. The lowest BCUT2D eigenvalue weighted by molar-refractivity contribution is 0.0990. The highest BCUT2D eigenvalue weighted by Gasteiger charge is 2.32. The number of nitrogens with zero attached hydrogens (tertiary/aromatic N) is 1. The molecule has 41 heavy (non-hydrogen) atoms. The standard InChI is InChI=1S/C38H23NO2/c40-37-30-13-7-8-14-31(30)38(41)33(37)23-26-16-15-24-18-21-32-34(22-19-25-17-20-29(26)35(24)36(25)32)39(27-9-3-1-4-10-27)28-11-5-2-6-12-28/h1-23H. The van der Waals surface area contributed by atoms with Crippen molar-refractivity contribution in [3.8, 4) is 0 Å². The third kappa shape index (κ3) is 3.53. The van der Waals surface area contributed by atoms with Gasteiger partial charge in [-0.25, -0.2) is 0 Å². The van der Waals surface area contributed by atoms with Gasteiger partial charge in [0.05, 0.1) is 11.3 Å². The number of anilines is 3. The SMILES string of the molecule is O=C1C(=Cc2ccc3ccc4c(N(c5ccccc5)c5ccccc5)ccc5ccc2c3c54)C(=O)c2ccccc21. The zero-order valence-corrected chi connectivity index (χ0v) is 22.0. The van der Waals surface area contributed by atoms with Crippen LogP contribution < -0.4 is 4.90 Å². The zero-order valence-electron chi connectivity index (χ0n) is 22.0. The molecule has 0 unspecified atom stereocenters. The van der Waals surface area contributed by atoms with Crippen molar-refractivity contribution in [1.29, 1.82) is 0 Å². The summed E-state index contributed by atoms with van der Waals surface area (Å²) in [6.07, 6.45) is 1.78. The lowest BCUT2D eigenvalue weighted by Crippen LogP contribution is -2.10. The number of rotatable bonds is 4. The van der Waals surface area contributed by atoms with E-state index in [2.05, 4.69) is 95.9 Å². The molecule has 0 amide bonds. The maximum atomic E-state index is 13.2. The normalized spacial score (nSPS) is 12.9. The van der Waals surface area contributed by atoms with Gasteiger partial charge in [0.1, 0.15) is 0 Å². The molecule has 3 nitrogen and oxygen atoms in total. The van der Waals surface area contributed by atoms with E-state index in [0.717, 1.165) is 49.6 Å². The molecular weight excluding hydrogens is 502 g/mol. The van der Waals surface area contributed by atoms with E-state index in [1.807, 2.05) is 18.2 Å². The number of Topliss-reactive ketones (excluding diaryl/α,β-unsaturated/α-hetero) is 2. The van der Waals surface area contributed by atoms with Gasteiger partial charge in [0.25, 0.3) is 0 Å². The summed E-state index contributed by atoms with van der Waals surface area (Å²) >= 11 is 0. The van der Waals surface area contributed by atoms with Crippen molar-refractivity contribution >= 4 is 67.0 Å². The Hall–Kier alpha value is -5.54. The van der Waals surface area contributed by atoms with Crippen molar-refractivity contribution in [2.75, 3.05) is 4.90 Å². The van der Waals surface area contributed by atoms with Gasteiger partial charge in [-0.05, 0) is 68.9 Å². The van der Waals surface area contributed by atoms with Crippen LogP contribution in [-0.4, -0.2) is 11.6 Å². The van der Waals surface area contributed by atoms with Gasteiger partial charge in [-0.15, -0.1) is 0 Å². The molecule has 0 spiro atoms. The molecule has 1 aliphatic carbocycles. The van der Waals surface area contributed by atoms with E-state index in [4.69, 9.17) is 0 Å². The highest BCUT2D eigenvalue weighted by atomic mass is 16.2. The fourth-order valence-electron chi connectivity index (χ4n) is 6.27. The van der Waals surface area contributed by atoms with Gasteiger partial charge in [-0.2, -0.15) is 0 Å². The van der Waals surface area contributed by atoms with Crippen molar-refractivity contribution in [2.45, 2.75) is 0 Å². The van der Waals surface area contributed by atoms with Gasteiger partial charge < -0.3 is 4.90 Å². The predicted octanol–water partition coefficient (Wildman–Crippen LogP) is 9.52. The van der Waals surface area contributed by atoms with E-state index in [0.29, 0.717) is 11.1 Å². The molecule has 0 atom stereocenters. The number of ketones is 2. The number of carbonyl (C=O) groups excluding carboxylic acids is 2. The van der Waals surface area contributed by atoms with Crippen LogP contribution in [0.25, 0.3) is 38.4 Å². The average molecular weight is 526 g/mol. The Labute approximate surface area is 236 Å². The number of hydrogen-bond acceptors (Lipinski definition) is 3. The van der Waals surface area contributed by atoms with E-state index in [1.165, 1.54) is 5.39 Å². The molecule has 0 N–H and O–H groups in total. The Bertz CT molecular complexity index is 2100. The molecule has 1 aliphatic rings. The lowest BCUT2D eigenvalue weighted by Gasteiger charge is -2.27. The summed E-state index contributed by atoms with van der Waals surface area (Å²) in [5.41, 5.74) is 5.30. The maximum Gasteiger partial charge on any atom is 0.197 e. The van der Waals surface area contributed by atoms with Crippen LogP contribution in [-0.2, 0) is 0 Å². The minimum absolute atomic E-state index is 0.208. The molecule has 192 valence electrons. The molecule has 7 aromatic rings. The van der Waals surface area contributed by atoms with Crippen LogP contribution in [0.1, 0.15) is 26.3 Å². The molecule has 0 aromatic heterocycles. The first-order valence-electron chi connectivity index (χ1n) is 13.7. The van der Waals surface area contributed by atoms with E-state index >= 15 is 0 Å². The number of benzene rings is 7. The highest BCUT2D eigenvalue weighted by Crippen LogP contribution is 2.44. The topological polar surface area (TPSA) is 37.4 Å². The summed E-state index contributed by atoms with van der Waals surface area (Å²) in [5, 5.41) is 6.73. The average Bonchev–Trinajstić information content (AvgIpc) is 3.27. The second-order valence-corrected chi connectivity index (χ2v) is 10.4. The van der Waals surface area contributed by atoms with Crippen LogP contribution in [0.2, 0.25) is 0 Å². The Kier molecular flexibility index (Phi) is 5.13. The fourth-order valence-corrected chi connectivity index (χ4v) is 6.27. The number of carbonyl (C=O) groups is 2. The lowest BCUT2D eigenvalue weighted by atomic mass is 9.90. The van der Waals surface area contributed by atoms with Crippen molar-refractivity contribution in [1.82, 2.24) is 0 Å². The number of allylic oxidation sites excluding steroid dienone is 1. The summed E-state index contributed by atoms with van der Waals surface area (Å²) in [7, 11) is 0. The molecule has 0 bridgehead atoms. The van der Waals surface area contributed by atoms with Gasteiger partial charge in [0.2, 0.25) is 0 Å². The largest absolute Gasteiger partial charge is 0.310 e. The van der Waals surface area contributed by atoms with Crippen LogP contribution in [0.5, 0.6) is 0 Å². The molecular formula is C38H23NO2. The smallest absolute Gasteiger partial charge is 0.197 e. The summed E-state index contributed by atoms with van der Waals surface area (Å²) < 4.78 is 0. The second-order valence-electron chi connectivity index (χ2n) is 10.4. The number of para-hydroxylation sites is 2. The van der Waals surface area contributed by atoms with Gasteiger partial charge >= 0.3 is 0 Å². The zero-order chi connectivity index (χ0) is 27.5. The molecule has 0 heterocycles. The Morgan fingerprint density at radius 2 is 0.951 bits per heavy atom. The molecule has 7 aromatic carbocycles. The van der Waals surface area contributed by atoms with Crippen molar-refractivity contribution in [2.24, 2.45) is 0 Å². The van der Waals surface area contributed by atoms with E-state index in [1.54, 1.807) is 30.3 Å². The maximum absolute atomic E-state index is 13.2. The molecule has 3 heteroatoms. The van der Waals surface area contributed by atoms with Gasteiger partial charge in [0.15, 0.2) is 11.6 Å². The fraction of sp³-hybridized carbons (Fsp3) is 0. The third-order valence-corrected chi connectivity index (χ3v) is 8.15. The van der Waals surface area contributed by atoms with E-state index in [9.17, 15) is 9.59 Å². The predicted molar refractivity (Wildman–Crippen MR) is 168 cm³/mol. The van der Waals surface area contributed by atoms with Gasteiger partial charge in [-0.3, -0.25) is 9.59 Å². The van der Waals surface area contributed by atoms with E-state index in [-0.39, 0.29) is 17.1 Å². The summed E-state index contributed by atoms with van der Waals surface area (Å²) in [6.45, 7) is 0. The van der Waals surface area contributed by atoms with Crippen molar-refractivity contribution in [3.05, 3.63) is 156 Å². The van der Waals surface area contributed by atoms with Gasteiger partial charge in [0, 0.05) is 27.9 Å². The first-order valence-corrected chi connectivity index (χ1v) is 13.7. The van der Waals surface area contributed by atoms with Crippen molar-refractivity contribution < 1.29 is 9.59 Å². The number of hydrogen-bond donors (Lipinski definition) is 0. The van der Waals surface area contributed by atoms with Crippen molar-refractivity contribution in [3.63, 3.8) is 0 Å². The molecule has 0 saturated heterocycles. The molecule has 0 fully saturated rings. The second kappa shape index (κ2) is 9.00. The third-order valence-electron chi connectivity index (χ3n) is 8.15. The van der Waals surface area contributed by atoms with Crippen LogP contribution in [0.4, 0.5) is 17.1 Å². The number of fused-ring (bicyclic) bond motifs is 1. The van der Waals surface area contributed by atoms with Crippen LogP contribution in [0, 0.1) is 0 Å². The first kappa shape index (κ1) is 23.4. The molecule has 0 aliphatic heterocycles. The Morgan fingerprint density at radius 3 is 1.56 bits per heavy atom. The van der Waals surface area contributed by atoms with Crippen LogP contribution in [0.3, 0.4) is 0 Å². The minimum atomic E-state index is -0.208. The van der Waals surface area contributed by atoms with E-state index < -0.39 is 0 Å². The Balaban J connectivity index is 1.37. The first-order chi connectivity index (χ1) is 20.2. The minimum Gasteiger partial charge on any atom is -0.310 e. The molecule has 8 rings (SSSR count).